The molecule has 21 heavy (non-hydrogen) atoms. The molecule has 0 spiro atoms. The summed E-state index contributed by atoms with van der Waals surface area (Å²) in [4.78, 5) is 23.9. The second-order valence-electron chi connectivity index (χ2n) is 6.95. The molecule has 0 atom stereocenters. The summed E-state index contributed by atoms with van der Waals surface area (Å²) < 4.78 is 5.49. The third-order valence-corrected chi connectivity index (χ3v) is 4.05. The van der Waals surface area contributed by atoms with Crippen molar-refractivity contribution in [3.8, 4) is 0 Å². The van der Waals surface area contributed by atoms with Gasteiger partial charge < -0.3 is 4.74 Å². The number of benzene rings is 1. The van der Waals surface area contributed by atoms with Crippen LogP contribution in [0.15, 0.2) is 30.3 Å². The van der Waals surface area contributed by atoms with E-state index >= 15 is 0 Å². The third kappa shape index (κ3) is 4.16. The zero-order valence-electron chi connectivity index (χ0n) is 13.1. The summed E-state index contributed by atoms with van der Waals surface area (Å²) in [6.45, 7) is 5.64. The van der Waals surface area contributed by atoms with Gasteiger partial charge in [-0.05, 0) is 39.2 Å². The normalized spacial score (nSPS) is 18.3. The zero-order chi connectivity index (χ0) is 15.5. The van der Waals surface area contributed by atoms with E-state index in [0.717, 1.165) is 18.4 Å². The molecule has 0 unspecified atom stereocenters. The number of hydrogen-bond donors (Lipinski definition) is 0. The molecule has 1 aliphatic rings. The molecule has 1 aliphatic carbocycles. The highest BCUT2D eigenvalue weighted by molar-refractivity contribution is 5.80. The van der Waals surface area contributed by atoms with Gasteiger partial charge in [-0.2, -0.15) is 0 Å². The molecule has 3 nitrogen and oxygen atoms in total. The van der Waals surface area contributed by atoms with E-state index in [2.05, 4.69) is 12.1 Å². The molecule has 1 aromatic carbocycles. The molecule has 114 valence electrons. The Labute approximate surface area is 126 Å². The van der Waals surface area contributed by atoms with Gasteiger partial charge in [-0.25, -0.2) is 0 Å². The summed E-state index contributed by atoms with van der Waals surface area (Å²) in [5.41, 5.74) is 0.417. The van der Waals surface area contributed by atoms with Crippen molar-refractivity contribution in [1.82, 2.24) is 0 Å². The molecule has 0 saturated heterocycles. The van der Waals surface area contributed by atoms with Gasteiger partial charge in [0.1, 0.15) is 11.4 Å². The molecule has 0 aliphatic heterocycles. The number of rotatable bonds is 3. The van der Waals surface area contributed by atoms with Crippen molar-refractivity contribution < 1.29 is 14.3 Å². The van der Waals surface area contributed by atoms with Gasteiger partial charge in [0.05, 0.1) is 6.42 Å². The van der Waals surface area contributed by atoms with Crippen molar-refractivity contribution in [2.45, 2.75) is 63.9 Å². The molecule has 0 aromatic heterocycles. The van der Waals surface area contributed by atoms with Crippen LogP contribution >= 0.6 is 0 Å². The maximum absolute atomic E-state index is 12.3. The predicted molar refractivity (Wildman–Crippen MR) is 82.1 cm³/mol. The first-order valence-corrected chi connectivity index (χ1v) is 7.60. The van der Waals surface area contributed by atoms with Gasteiger partial charge in [-0.3, -0.25) is 9.59 Å². The smallest absolute Gasteiger partial charge is 0.307 e. The first kappa shape index (κ1) is 15.7. The quantitative estimate of drug-likeness (QED) is 0.795. The van der Waals surface area contributed by atoms with E-state index in [1.54, 1.807) is 0 Å². The molecule has 0 bridgehead atoms. The van der Waals surface area contributed by atoms with Crippen molar-refractivity contribution >= 4 is 11.8 Å². The van der Waals surface area contributed by atoms with E-state index in [-0.39, 0.29) is 11.4 Å². The largest absolute Gasteiger partial charge is 0.460 e. The van der Waals surface area contributed by atoms with Gasteiger partial charge >= 0.3 is 5.97 Å². The monoisotopic (exact) mass is 288 g/mol. The molecule has 2 rings (SSSR count). The van der Waals surface area contributed by atoms with Crippen LogP contribution in [0.3, 0.4) is 0 Å². The molecule has 0 radical (unpaired) electrons. The minimum atomic E-state index is -0.473. The summed E-state index contributed by atoms with van der Waals surface area (Å²) in [7, 11) is 0. The number of esters is 1. The van der Waals surface area contributed by atoms with Gasteiger partial charge in [0.2, 0.25) is 0 Å². The highest BCUT2D eigenvalue weighted by Gasteiger charge is 2.39. The molecule has 1 aromatic rings. The molecule has 0 heterocycles. The van der Waals surface area contributed by atoms with E-state index in [0.29, 0.717) is 25.0 Å². The Hall–Kier alpha value is -1.64. The van der Waals surface area contributed by atoms with E-state index in [1.165, 1.54) is 0 Å². The summed E-state index contributed by atoms with van der Waals surface area (Å²) >= 11 is 0. The molecule has 1 fully saturated rings. The Kier molecular flexibility index (Phi) is 4.50. The predicted octanol–water partition coefficient (Wildman–Crippen LogP) is 3.80. The number of ether oxygens (including phenoxy) is 1. The SMILES string of the molecule is CC(C)(C)OC(=O)CC1(c2ccccc2)CCC(=O)CC1. The number of ketones is 1. The minimum Gasteiger partial charge on any atom is -0.460 e. The lowest BCUT2D eigenvalue weighted by Gasteiger charge is -2.37. The van der Waals surface area contributed by atoms with Crippen LogP contribution in [0.5, 0.6) is 0 Å². The van der Waals surface area contributed by atoms with E-state index in [1.807, 2.05) is 39.0 Å². The van der Waals surface area contributed by atoms with Crippen LogP contribution in [-0.2, 0) is 19.7 Å². The first-order chi connectivity index (χ1) is 9.81. The van der Waals surface area contributed by atoms with Crippen molar-refractivity contribution in [2.24, 2.45) is 0 Å². The third-order valence-electron chi connectivity index (χ3n) is 4.05. The Morgan fingerprint density at radius 3 is 2.24 bits per heavy atom. The maximum atomic E-state index is 12.3. The van der Waals surface area contributed by atoms with Crippen LogP contribution in [0.1, 0.15) is 58.4 Å². The van der Waals surface area contributed by atoms with Gasteiger partial charge in [-0.1, -0.05) is 30.3 Å². The molecular weight excluding hydrogens is 264 g/mol. The summed E-state index contributed by atoms with van der Waals surface area (Å²) in [6.07, 6.45) is 2.92. The van der Waals surface area contributed by atoms with Crippen LogP contribution in [0, 0.1) is 0 Å². The lowest BCUT2D eigenvalue weighted by molar-refractivity contribution is -0.157. The second-order valence-corrected chi connectivity index (χ2v) is 6.95. The first-order valence-electron chi connectivity index (χ1n) is 7.60. The molecule has 0 amide bonds. The summed E-state index contributed by atoms with van der Waals surface area (Å²) in [5, 5.41) is 0. The van der Waals surface area contributed by atoms with Gasteiger partial charge in [-0.15, -0.1) is 0 Å². The van der Waals surface area contributed by atoms with Crippen LogP contribution in [-0.4, -0.2) is 17.4 Å². The topological polar surface area (TPSA) is 43.4 Å². The fourth-order valence-electron chi connectivity index (χ4n) is 3.02. The van der Waals surface area contributed by atoms with Crippen LogP contribution in [0.2, 0.25) is 0 Å². The van der Waals surface area contributed by atoms with Gasteiger partial charge in [0.25, 0.3) is 0 Å². The van der Waals surface area contributed by atoms with Crippen LogP contribution in [0.25, 0.3) is 0 Å². The van der Waals surface area contributed by atoms with Crippen LogP contribution < -0.4 is 0 Å². The van der Waals surface area contributed by atoms with Crippen LogP contribution in [0.4, 0.5) is 0 Å². The zero-order valence-corrected chi connectivity index (χ0v) is 13.1. The molecular formula is C18H24O3. The average molecular weight is 288 g/mol. The Morgan fingerprint density at radius 2 is 1.71 bits per heavy atom. The van der Waals surface area contributed by atoms with Crippen molar-refractivity contribution in [3.63, 3.8) is 0 Å². The number of carbonyl (C=O) groups excluding carboxylic acids is 2. The number of carbonyl (C=O) groups is 2. The second kappa shape index (κ2) is 6.00. The van der Waals surface area contributed by atoms with Crippen molar-refractivity contribution in [1.29, 1.82) is 0 Å². The fraction of sp³-hybridized carbons (Fsp3) is 0.556. The van der Waals surface area contributed by atoms with E-state index < -0.39 is 5.60 Å². The number of hydrogen-bond acceptors (Lipinski definition) is 3. The van der Waals surface area contributed by atoms with Crippen molar-refractivity contribution in [2.75, 3.05) is 0 Å². The summed E-state index contributed by atoms with van der Waals surface area (Å²) in [6, 6.07) is 10.1. The molecule has 1 saturated carbocycles. The summed E-state index contributed by atoms with van der Waals surface area (Å²) in [5.74, 6) is 0.117. The maximum Gasteiger partial charge on any atom is 0.307 e. The minimum absolute atomic E-state index is 0.180. The number of Topliss-reactive ketones (excluding diaryl/α,β-unsaturated/α-hetero) is 1. The van der Waals surface area contributed by atoms with E-state index in [9.17, 15) is 9.59 Å². The fourth-order valence-corrected chi connectivity index (χ4v) is 3.02. The molecule has 3 heteroatoms. The standard InChI is InChI=1S/C18H24O3/c1-17(2,3)21-16(20)13-18(11-9-15(19)10-12-18)14-7-5-4-6-8-14/h4-8H,9-13H2,1-3H3. The Bertz CT molecular complexity index is 501. The van der Waals surface area contributed by atoms with Gasteiger partial charge in [0, 0.05) is 18.3 Å². The van der Waals surface area contributed by atoms with Gasteiger partial charge in [0.15, 0.2) is 0 Å². The Balaban J connectivity index is 2.21. The average Bonchev–Trinajstić information content (AvgIpc) is 2.40. The molecule has 0 N–H and O–H groups in total. The van der Waals surface area contributed by atoms with Crippen molar-refractivity contribution in [3.05, 3.63) is 35.9 Å². The van der Waals surface area contributed by atoms with E-state index in [4.69, 9.17) is 4.74 Å². The lowest BCUT2D eigenvalue weighted by atomic mass is 9.67. The lowest BCUT2D eigenvalue weighted by Crippen LogP contribution is -2.36. The Morgan fingerprint density at radius 1 is 1.14 bits per heavy atom. The highest BCUT2D eigenvalue weighted by Crippen LogP contribution is 2.41. The highest BCUT2D eigenvalue weighted by atomic mass is 16.6.